The van der Waals surface area contributed by atoms with E-state index < -0.39 is 0 Å². The summed E-state index contributed by atoms with van der Waals surface area (Å²) in [4.78, 5) is 26.1. The molecule has 2 fully saturated rings. The number of hydrogen-bond donors (Lipinski definition) is 2. The fourth-order valence-corrected chi connectivity index (χ4v) is 10.5. The highest BCUT2D eigenvalue weighted by Gasteiger charge is 2.40. The average Bonchev–Trinajstić information content (AvgIpc) is 3.51. The van der Waals surface area contributed by atoms with Crippen molar-refractivity contribution in [3.05, 3.63) is 140 Å². The van der Waals surface area contributed by atoms with E-state index in [2.05, 4.69) is 86.7 Å². The maximum Gasteiger partial charge on any atom is 0.272 e. The number of carbonyl (C=O) groups excluding carboxylic acids is 1. The van der Waals surface area contributed by atoms with E-state index in [1.807, 2.05) is 30.3 Å². The first-order valence-corrected chi connectivity index (χ1v) is 21.4. The Morgan fingerprint density at radius 2 is 1.67 bits per heavy atom. The number of ether oxygens (including phenoxy) is 1. The van der Waals surface area contributed by atoms with Gasteiger partial charge < -0.3 is 24.8 Å². The van der Waals surface area contributed by atoms with Gasteiger partial charge in [-0.15, -0.1) is 0 Å². The Hall–Kier alpha value is -4.24. The van der Waals surface area contributed by atoms with Crippen molar-refractivity contribution in [2.45, 2.75) is 64.1 Å². The van der Waals surface area contributed by atoms with Crippen LogP contribution in [0.1, 0.15) is 89.8 Å². The smallest absolute Gasteiger partial charge is 0.272 e. The quantitative estimate of drug-likeness (QED) is 0.163. The molecule has 4 heterocycles. The van der Waals surface area contributed by atoms with Crippen LogP contribution in [0.2, 0.25) is 15.1 Å². The number of anilines is 2. The molecule has 57 heavy (non-hydrogen) atoms. The van der Waals surface area contributed by atoms with E-state index in [1.54, 1.807) is 13.2 Å². The lowest BCUT2D eigenvalue weighted by Gasteiger charge is -2.42. The lowest BCUT2D eigenvalue weighted by Crippen LogP contribution is -2.51. The Kier molecular flexibility index (Phi) is 10.9. The van der Waals surface area contributed by atoms with Gasteiger partial charge in [0.1, 0.15) is 5.69 Å². The molecular formula is C47H48Cl3N5O2. The highest BCUT2D eigenvalue weighted by atomic mass is 35.5. The molecule has 3 aliphatic heterocycles. The van der Waals surface area contributed by atoms with Crippen LogP contribution in [-0.2, 0) is 11.3 Å². The summed E-state index contributed by atoms with van der Waals surface area (Å²) in [5, 5.41) is 6.07. The van der Waals surface area contributed by atoms with Crippen molar-refractivity contribution in [2.75, 3.05) is 43.5 Å². The fraction of sp³-hybridized carbons (Fsp3) is 0.340. The van der Waals surface area contributed by atoms with Gasteiger partial charge in [0, 0.05) is 77.1 Å². The standard InChI is InChI=1S/C47H48Cl3N5O2/c1-29-10-9-19-55-45(35-17-16-32(48)26-37(35)50)36-25-33(49)27-39-42(36)43(46(55)41(29)31-11-5-3-6-12-31)44(51-39)47(56)52-38-24-30(28-57-2)15-18-40(38)54-22-20-53(21-23-54)34-13-7-4-8-14-34/h3,5-6,9,11-12,15-19,24-27,29,34,45,51H,4,7-8,10,13-14,20-23,28H2,1-2H3,(H,52,56). The normalized spacial score (nSPS) is 20.2. The number of fused-ring (bicyclic) bond motifs is 2. The molecule has 0 bridgehead atoms. The number of hydrogen-bond acceptors (Lipinski definition) is 5. The molecule has 0 spiro atoms. The number of amides is 1. The third-order valence-electron chi connectivity index (χ3n) is 12.4. The van der Waals surface area contributed by atoms with Crippen molar-refractivity contribution in [1.29, 1.82) is 0 Å². The molecule has 2 N–H and O–H groups in total. The highest BCUT2D eigenvalue weighted by molar-refractivity contribution is 6.35. The van der Waals surface area contributed by atoms with Crippen LogP contribution in [0, 0.1) is 5.92 Å². The Labute approximate surface area is 350 Å². The summed E-state index contributed by atoms with van der Waals surface area (Å²) < 4.78 is 5.56. The molecule has 4 aromatic carbocycles. The van der Waals surface area contributed by atoms with Crippen molar-refractivity contribution >= 4 is 74.3 Å². The van der Waals surface area contributed by atoms with E-state index in [-0.39, 0.29) is 17.9 Å². The fourth-order valence-electron chi connectivity index (χ4n) is 9.78. The summed E-state index contributed by atoms with van der Waals surface area (Å²) in [6.07, 6.45) is 11.8. The molecule has 4 aliphatic rings. The van der Waals surface area contributed by atoms with Gasteiger partial charge in [-0.2, -0.15) is 0 Å². The summed E-state index contributed by atoms with van der Waals surface area (Å²) in [5.41, 5.74) is 10.0. The monoisotopic (exact) mass is 819 g/mol. The summed E-state index contributed by atoms with van der Waals surface area (Å²) in [6, 6.07) is 26.8. The predicted molar refractivity (Wildman–Crippen MR) is 235 cm³/mol. The predicted octanol–water partition coefficient (Wildman–Crippen LogP) is 11.8. The number of piperazine rings is 1. The van der Waals surface area contributed by atoms with Crippen molar-refractivity contribution < 1.29 is 9.53 Å². The van der Waals surface area contributed by atoms with Crippen LogP contribution in [0.5, 0.6) is 0 Å². The number of rotatable bonds is 8. The number of allylic oxidation sites excluding steroid dienone is 2. The van der Waals surface area contributed by atoms with Gasteiger partial charge in [0.15, 0.2) is 0 Å². The zero-order valence-corrected chi connectivity index (χ0v) is 34.7. The SMILES string of the molecule is COCc1ccc(N2CCN(C3CCCCC3)CC2)c(NC(=O)c2[nH]c3cc(Cl)cc4c3c2C2=C(c3ccccc3)C(C)CC=CN2C4c2ccc(Cl)cc2Cl)c1. The number of benzene rings is 4. The summed E-state index contributed by atoms with van der Waals surface area (Å²) in [6.45, 7) is 6.55. The third kappa shape index (κ3) is 7.27. The molecule has 1 saturated heterocycles. The Balaban J connectivity index is 1.19. The maximum absolute atomic E-state index is 15.1. The second-order valence-electron chi connectivity index (χ2n) is 16.0. The molecule has 1 amide bonds. The van der Waals surface area contributed by atoms with E-state index in [1.165, 1.54) is 32.1 Å². The number of nitrogens with zero attached hydrogens (tertiary/aromatic N) is 3. The van der Waals surface area contributed by atoms with Crippen LogP contribution >= 0.6 is 34.8 Å². The van der Waals surface area contributed by atoms with Gasteiger partial charge in [-0.1, -0.05) is 110 Å². The Morgan fingerprint density at radius 3 is 2.42 bits per heavy atom. The van der Waals surface area contributed by atoms with Crippen LogP contribution in [-0.4, -0.2) is 60.0 Å². The average molecular weight is 821 g/mol. The number of H-pyrrole nitrogens is 1. The third-order valence-corrected chi connectivity index (χ3v) is 13.2. The summed E-state index contributed by atoms with van der Waals surface area (Å²) in [5.74, 6) is -0.0760. The van der Waals surface area contributed by atoms with Crippen LogP contribution in [0.3, 0.4) is 0 Å². The van der Waals surface area contributed by atoms with E-state index in [0.717, 1.165) is 94.0 Å². The second-order valence-corrected chi connectivity index (χ2v) is 17.3. The molecule has 10 heteroatoms. The Bertz CT molecular complexity index is 2380. The van der Waals surface area contributed by atoms with Gasteiger partial charge in [-0.05, 0) is 89.4 Å². The summed E-state index contributed by atoms with van der Waals surface area (Å²) in [7, 11) is 1.70. The lowest BCUT2D eigenvalue weighted by atomic mass is 9.82. The molecule has 294 valence electrons. The lowest BCUT2D eigenvalue weighted by molar-refractivity contribution is 0.102. The minimum absolute atomic E-state index is 0.143. The van der Waals surface area contributed by atoms with Gasteiger partial charge in [-0.3, -0.25) is 9.69 Å². The first-order chi connectivity index (χ1) is 27.8. The largest absolute Gasteiger partial charge is 0.380 e. The molecule has 2 unspecified atom stereocenters. The zero-order valence-electron chi connectivity index (χ0n) is 32.5. The molecule has 1 aliphatic carbocycles. The summed E-state index contributed by atoms with van der Waals surface area (Å²) >= 11 is 20.5. The first-order valence-electron chi connectivity index (χ1n) is 20.3. The molecule has 0 radical (unpaired) electrons. The van der Waals surface area contributed by atoms with Crippen LogP contribution in [0.4, 0.5) is 11.4 Å². The Morgan fingerprint density at radius 1 is 0.877 bits per heavy atom. The first kappa shape index (κ1) is 38.3. The van der Waals surface area contributed by atoms with Gasteiger partial charge >= 0.3 is 0 Å². The van der Waals surface area contributed by atoms with Gasteiger partial charge in [-0.25, -0.2) is 0 Å². The number of carbonyl (C=O) groups is 1. The van der Waals surface area contributed by atoms with Gasteiger partial charge in [0.25, 0.3) is 5.91 Å². The molecule has 7 nitrogen and oxygen atoms in total. The number of nitrogens with one attached hydrogen (secondary N) is 2. The number of aromatic amines is 1. The van der Waals surface area contributed by atoms with E-state index in [0.29, 0.717) is 33.4 Å². The molecule has 9 rings (SSSR count). The van der Waals surface area contributed by atoms with Crippen molar-refractivity contribution in [3.8, 4) is 0 Å². The number of halogens is 3. The van der Waals surface area contributed by atoms with Gasteiger partial charge in [0.2, 0.25) is 0 Å². The van der Waals surface area contributed by atoms with Gasteiger partial charge in [0.05, 0.1) is 29.7 Å². The topological polar surface area (TPSA) is 63.8 Å². The van der Waals surface area contributed by atoms with E-state index in [4.69, 9.17) is 39.5 Å². The van der Waals surface area contributed by atoms with Crippen molar-refractivity contribution in [1.82, 2.24) is 14.8 Å². The van der Waals surface area contributed by atoms with Crippen LogP contribution in [0.15, 0.2) is 91.1 Å². The number of methoxy groups -OCH3 is 1. The van der Waals surface area contributed by atoms with Crippen LogP contribution in [0.25, 0.3) is 22.2 Å². The molecule has 1 aromatic heterocycles. The molecule has 5 aromatic rings. The van der Waals surface area contributed by atoms with Crippen molar-refractivity contribution in [2.24, 2.45) is 5.92 Å². The van der Waals surface area contributed by atoms with E-state index >= 15 is 4.79 Å². The van der Waals surface area contributed by atoms with E-state index in [9.17, 15) is 0 Å². The minimum Gasteiger partial charge on any atom is -0.380 e. The van der Waals surface area contributed by atoms with Crippen molar-refractivity contribution in [3.63, 3.8) is 0 Å². The second kappa shape index (κ2) is 16.2. The molecule has 2 atom stereocenters. The maximum atomic E-state index is 15.1. The zero-order chi connectivity index (χ0) is 39.2. The molecule has 1 saturated carbocycles. The minimum atomic E-state index is -0.338. The molecular weight excluding hydrogens is 773 g/mol. The van der Waals surface area contributed by atoms with Crippen LogP contribution < -0.4 is 10.2 Å². The highest BCUT2D eigenvalue weighted by Crippen LogP contribution is 2.54. The number of aromatic nitrogens is 1.